The number of benzene rings is 3. The molecule has 0 amide bonds. The Bertz CT molecular complexity index is 926. The van der Waals surface area contributed by atoms with Crippen molar-refractivity contribution in [3.63, 3.8) is 0 Å². The summed E-state index contributed by atoms with van der Waals surface area (Å²) < 4.78 is 25.8. The van der Waals surface area contributed by atoms with Crippen molar-refractivity contribution in [3.05, 3.63) is 102 Å². The Labute approximate surface area is 148 Å². The minimum atomic E-state index is -3.90. The van der Waals surface area contributed by atoms with Crippen LogP contribution in [0.1, 0.15) is 16.7 Å². The molecule has 3 aromatic rings. The molecule has 0 unspecified atom stereocenters. The quantitative estimate of drug-likeness (QED) is 0.738. The van der Waals surface area contributed by atoms with E-state index in [9.17, 15) is 8.42 Å². The van der Waals surface area contributed by atoms with Crippen molar-refractivity contribution in [3.8, 4) is 0 Å². The van der Waals surface area contributed by atoms with E-state index < -0.39 is 10.2 Å². The lowest BCUT2D eigenvalue weighted by molar-refractivity contribution is 0.592. The Morgan fingerprint density at radius 2 is 1.24 bits per heavy atom. The van der Waals surface area contributed by atoms with E-state index in [1.165, 1.54) is 4.31 Å². The predicted molar refractivity (Wildman–Crippen MR) is 101 cm³/mol. The number of anilines is 1. The van der Waals surface area contributed by atoms with Gasteiger partial charge in [0.2, 0.25) is 0 Å². The molecule has 128 valence electrons. The van der Waals surface area contributed by atoms with Gasteiger partial charge < -0.3 is 0 Å². The fraction of sp³-hybridized carbons (Fsp3) is 0.100. The summed E-state index contributed by atoms with van der Waals surface area (Å²) >= 11 is 0. The maximum atomic E-state index is 12.2. The molecule has 0 saturated carbocycles. The highest BCUT2D eigenvalue weighted by Gasteiger charge is 2.21. The summed E-state index contributed by atoms with van der Waals surface area (Å²) in [4.78, 5) is 0. The molecule has 25 heavy (non-hydrogen) atoms. The minimum Gasteiger partial charge on any atom is -0.253 e. The van der Waals surface area contributed by atoms with Gasteiger partial charge in [0.1, 0.15) is 0 Å². The Morgan fingerprint density at radius 3 is 1.84 bits per heavy atom. The van der Waals surface area contributed by atoms with Gasteiger partial charge in [-0.15, -0.1) is 0 Å². The lowest BCUT2D eigenvalue weighted by Gasteiger charge is -2.24. The van der Waals surface area contributed by atoms with E-state index >= 15 is 0 Å². The van der Waals surface area contributed by atoms with Crippen LogP contribution >= 0.6 is 0 Å². The third-order valence-corrected chi connectivity index (χ3v) is 4.91. The Morgan fingerprint density at radius 1 is 0.720 bits per heavy atom. The summed E-state index contributed by atoms with van der Waals surface area (Å²) in [6.07, 6.45) is 0.637. The first-order valence-electron chi connectivity index (χ1n) is 8.00. The van der Waals surface area contributed by atoms with Gasteiger partial charge in [-0.25, -0.2) is 5.14 Å². The van der Waals surface area contributed by atoms with Gasteiger partial charge in [-0.3, -0.25) is 4.31 Å². The van der Waals surface area contributed by atoms with Crippen molar-refractivity contribution in [2.24, 2.45) is 5.14 Å². The molecule has 0 spiro atoms. The molecule has 5 heteroatoms. The third-order valence-electron chi connectivity index (χ3n) is 3.97. The molecule has 0 bridgehead atoms. The SMILES string of the molecule is NS(=O)(=O)N(Cc1ccccc1)c1ccccc1Cc1ccccc1. The highest BCUT2D eigenvalue weighted by Crippen LogP contribution is 2.26. The van der Waals surface area contributed by atoms with Crippen molar-refractivity contribution in [2.45, 2.75) is 13.0 Å². The molecular weight excluding hydrogens is 332 g/mol. The molecule has 0 fully saturated rings. The van der Waals surface area contributed by atoms with Crippen LogP contribution in [0.4, 0.5) is 5.69 Å². The topological polar surface area (TPSA) is 63.4 Å². The molecular formula is C20H20N2O2S. The summed E-state index contributed by atoms with van der Waals surface area (Å²) in [5.74, 6) is 0. The average molecular weight is 352 g/mol. The third kappa shape index (κ3) is 4.47. The van der Waals surface area contributed by atoms with Crippen LogP contribution < -0.4 is 9.44 Å². The lowest BCUT2D eigenvalue weighted by Crippen LogP contribution is -2.36. The Balaban J connectivity index is 1.99. The number of hydrogen-bond donors (Lipinski definition) is 1. The van der Waals surface area contributed by atoms with Crippen molar-refractivity contribution in [1.29, 1.82) is 0 Å². The average Bonchev–Trinajstić information content (AvgIpc) is 2.61. The molecule has 0 aliphatic carbocycles. The van der Waals surface area contributed by atoms with Crippen LogP contribution in [0.2, 0.25) is 0 Å². The summed E-state index contributed by atoms with van der Waals surface area (Å²) in [6, 6.07) is 26.9. The van der Waals surface area contributed by atoms with E-state index in [-0.39, 0.29) is 6.54 Å². The van der Waals surface area contributed by atoms with Crippen LogP contribution in [0, 0.1) is 0 Å². The highest BCUT2D eigenvalue weighted by atomic mass is 32.2. The summed E-state index contributed by atoms with van der Waals surface area (Å²) in [7, 11) is -3.90. The van der Waals surface area contributed by atoms with Gasteiger partial charge in [-0.05, 0) is 29.2 Å². The fourth-order valence-electron chi connectivity index (χ4n) is 2.78. The van der Waals surface area contributed by atoms with Crippen molar-refractivity contribution in [1.82, 2.24) is 0 Å². The van der Waals surface area contributed by atoms with Crippen LogP contribution in [0.5, 0.6) is 0 Å². The number of hydrogen-bond acceptors (Lipinski definition) is 2. The van der Waals surface area contributed by atoms with Crippen LogP contribution in [0.25, 0.3) is 0 Å². The van der Waals surface area contributed by atoms with E-state index in [0.29, 0.717) is 12.1 Å². The van der Waals surface area contributed by atoms with Crippen LogP contribution in [-0.2, 0) is 23.2 Å². The van der Waals surface area contributed by atoms with Gasteiger partial charge in [0.05, 0.1) is 12.2 Å². The van der Waals surface area contributed by atoms with E-state index in [1.54, 1.807) is 6.07 Å². The first-order valence-corrected chi connectivity index (χ1v) is 9.50. The van der Waals surface area contributed by atoms with E-state index in [4.69, 9.17) is 5.14 Å². The maximum Gasteiger partial charge on any atom is 0.299 e. The molecule has 4 nitrogen and oxygen atoms in total. The molecule has 2 N–H and O–H groups in total. The van der Waals surface area contributed by atoms with Crippen molar-refractivity contribution >= 4 is 15.9 Å². The van der Waals surface area contributed by atoms with Gasteiger partial charge in [-0.1, -0.05) is 78.9 Å². The standard InChI is InChI=1S/C20H20N2O2S/c21-25(23,24)22(16-18-11-5-2-6-12-18)20-14-8-7-13-19(20)15-17-9-3-1-4-10-17/h1-14H,15-16H2,(H2,21,23,24). The molecule has 3 rings (SSSR count). The monoisotopic (exact) mass is 352 g/mol. The van der Waals surface area contributed by atoms with Gasteiger partial charge in [0.15, 0.2) is 0 Å². The van der Waals surface area contributed by atoms with Crippen LogP contribution in [-0.4, -0.2) is 8.42 Å². The van der Waals surface area contributed by atoms with Gasteiger partial charge in [0.25, 0.3) is 10.2 Å². The second-order valence-corrected chi connectivity index (χ2v) is 7.30. The first kappa shape index (κ1) is 17.2. The van der Waals surface area contributed by atoms with Crippen molar-refractivity contribution < 1.29 is 8.42 Å². The molecule has 0 atom stereocenters. The van der Waals surface area contributed by atoms with Gasteiger partial charge >= 0.3 is 0 Å². The van der Waals surface area contributed by atoms with Crippen LogP contribution in [0.3, 0.4) is 0 Å². The minimum absolute atomic E-state index is 0.200. The zero-order chi connectivity index (χ0) is 17.7. The smallest absolute Gasteiger partial charge is 0.253 e. The largest absolute Gasteiger partial charge is 0.299 e. The summed E-state index contributed by atoms with van der Waals surface area (Å²) in [5.41, 5.74) is 3.52. The zero-order valence-electron chi connectivity index (χ0n) is 13.7. The second-order valence-electron chi connectivity index (χ2n) is 5.83. The molecule has 0 aromatic heterocycles. The maximum absolute atomic E-state index is 12.2. The molecule has 0 heterocycles. The van der Waals surface area contributed by atoms with Crippen LogP contribution in [0.15, 0.2) is 84.9 Å². The van der Waals surface area contributed by atoms with Gasteiger partial charge in [0, 0.05) is 0 Å². The lowest BCUT2D eigenvalue weighted by atomic mass is 10.0. The fourth-order valence-corrected chi connectivity index (χ4v) is 3.56. The molecule has 0 aliphatic rings. The summed E-state index contributed by atoms with van der Waals surface area (Å²) in [6.45, 7) is 0.200. The zero-order valence-corrected chi connectivity index (χ0v) is 14.6. The summed E-state index contributed by atoms with van der Waals surface area (Å²) in [5, 5.41) is 5.52. The van der Waals surface area contributed by atoms with Crippen molar-refractivity contribution in [2.75, 3.05) is 4.31 Å². The number of para-hydroxylation sites is 1. The normalized spacial score (nSPS) is 11.2. The molecule has 0 aliphatic heterocycles. The van der Waals surface area contributed by atoms with E-state index in [2.05, 4.69) is 0 Å². The molecule has 0 radical (unpaired) electrons. The molecule has 3 aromatic carbocycles. The first-order chi connectivity index (χ1) is 12.0. The second kappa shape index (κ2) is 7.51. The Hall–Kier alpha value is -2.63. The number of nitrogens with two attached hydrogens (primary N) is 1. The highest BCUT2D eigenvalue weighted by molar-refractivity contribution is 7.90. The predicted octanol–water partition coefficient (Wildman–Crippen LogP) is 3.49. The Kier molecular flexibility index (Phi) is 5.16. The number of rotatable bonds is 6. The van der Waals surface area contributed by atoms with E-state index in [0.717, 1.165) is 16.7 Å². The number of nitrogens with zero attached hydrogens (tertiary/aromatic N) is 1. The van der Waals surface area contributed by atoms with E-state index in [1.807, 2.05) is 78.9 Å². The molecule has 0 saturated heterocycles. The van der Waals surface area contributed by atoms with Gasteiger partial charge in [-0.2, -0.15) is 8.42 Å².